The second-order valence-electron chi connectivity index (χ2n) is 6.92. The van der Waals surface area contributed by atoms with Gasteiger partial charge in [0, 0.05) is 44.0 Å². The highest BCUT2D eigenvalue weighted by Crippen LogP contribution is 2.38. The van der Waals surface area contributed by atoms with Crippen molar-refractivity contribution in [2.24, 2.45) is 11.8 Å². The van der Waals surface area contributed by atoms with Crippen LogP contribution in [0, 0.1) is 18.8 Å². The Morgan fingerprint density at radius 3 is 3.10 bits per heavy atom. The van der Waals surface area contributed by atoms with Crippen molar-refractivity contribution in [1.29, 1.82) is 0 Å². The minimum atomic E-state index is 0.407. The maximum atomic E-state index is 12.1. The molecule has 3 fully saturated rings. The number of aromatic nitrogens is 1. The summed E-state index contributed by atoms with van der Waals surface area (Å²) in [6.45, 7) is 6.32. The average molecular weight is 305 g/mol. The lowest BCUT2D eigenvalue weighted by Gasteiger charge is -2.52. The molecule has 2 bridgehead atoms. The van der Waals surface area contributed by atoms with Gasteiger partial charge in [0.05, 0.1) is 10.7 Å². The number of thiazole rings is 1. The minimum Gasteiger partial charge on any atom is -0.339 e. The lowest BCUT2D eigenvalue weighted by atomic mass is 9.76. The highest BCUT2D eigenvalue weighted by Gasteiger charge is 2.43. The molecule has 1 aromatic rings. The maximum Gasteiger partial charge on any atom is 0.222 e. The van der Waals surface area contributed by atoms with Crippen LogP contribution in [0.1, 0.15) is 36.4 Å². The molecule has 0 radical (unpaired) electrons. The molecular weight excluding hydrogens is 282 g/mol. The predicted molar refractivity (Wildman–Crippen MR) is 83.1 cm³/mol. The lowest BCUT2D eigenvalue weighted by Crippen LogP contribution is -2.60. The van der Waals surface area contributed by atoms with Crippen molar-refractivity contribution in [2.75, 3.05) is 19.6 Å². The number of rotatable bonds is 2. The van der Waals surface area contributed by atoms with Gasteiger partial charge in [-0.3, -0.25) is 9.69 Å². The zero-order valence-corrected chi connectivity index (χ0v) is 13.4. The molecule has 0 unspecified atom stereocenters. The SMILES string of the molecule is Cc1nc(CN2C[C@H]3C[C@H](C2)[C@@H]2CCCC(=O)N2C3)cs1. The van der Waals surface area contributed by atoms with Gasteiger partial charge in [-0.15, -0.1) is 11.3 Å². The Bertz CT molecular complexity index is 543. The number of fused-ring (bicyclic) bond motifs is 4. The van der Waals surface area contributed by atoms with E-state index in [1.807, 2.05) is 0 Å². The number of carbonyl (C=O) groups excluding carboxylic acids is 1. The van der Waals surface area contributed by atoms with Gasteiger partial charge in [-0.2, -0.15) is 0 Å². The molecule has 3 saturated heterocycles. The molecular formula is C16H23N3OS. The molecule has 1 amide bonds. The van der Waals surface area contributed by atoms with Gasteiger partial charge in [-0.25, -0.2) is 4.98 Å². The van der Waals surface area contributed by atoms with Gasteiger partial charge in [-0.05, 0) is 38.0 Å². The molecule has 1 aromatic heterocycles. The predicted octanol–water partition coefficient (Wildman–Crippen LogP) is 2.28. The van der Waals surface area contributed by atoms with Crippen molar-refractivity contribution in [3.05, 3.63) is 16.1 Å². The number of hydrogen-bond donors (Lipinski definition) is 0. The van der Waals surface area contributed by atoms with Gasteiger partial charge in [0.2, 0.25) is 5.91 Å². The number of hydrogen-bond acceptors (Lipinski definition) is 4. The lowest BCUT2D eigenvalue weighted by molar-refractivity contribution is -0.145. The number of carbonyl (C=O) groups is 1. The molecule has 5 heteroatoms. The van der Waals surface area contributed by atoms with Crippen molar-refractivity contribution in [2.45, 2.75) is 45.2 Å². The van der Waals surface area contributed by atoms with Crippen LogP contribution in [0.2, 0.25) is 0 Å². The monoisotopic (exact) mass is 305 g/mol. The van der Waals surface area contributed by atoms with E-state index in [9.17, 15) is 4.79 Å². The number of nitrogens with zero attached hydrogens (tertiary/aromatic N) is 3. The molecule has 114 valence electrons. The number of piperidine rings is 3. The minimum absolute atomic E-state index is 0.407. The Morgan fingerprint density at radius 1 is 1.38 bits per heavy atom. The quantitative estimate of drug-likeness (QED) is 0.841. The topological polar surface area (TPSA) is 36.4 Å². The van der Waals surface area contributed by atoms with Crippen molar-refractivity contribution < 1.29 is 4.79 Å². The summed E-state index contributed by atoms with van der Waals surface area (Å²) in [5.41, 5.74) is 1.22. The number of aryl methyl sites for hydroxylation is 1. The van der Waals surface area contributed by atoms with Crippen molar-refractivity contribution in [3.8, 4) is 0 Å². The van der Waals surface area contributed by atoms with Crippen LogP contribution in [0.4, 0.5) is 0 Å². The molecule has 0 spiro atoms. The molecule has 0 aliphatic carbocycles. The van der Waals surface area contributed by atoms with Crippen LogP contribution in [0.15, 0.2) is 5.38 Å². The summed E-state index contributed by atoms with van der Waals surface area (Å²) in [4.78, 5) is 21.5. The molecule has 3 aliphatic rings. The molecule has 3 atom stereocenters. The summed E-state index contributed by atoms with van der Waals surface area (Å²) in [5, 5.41) is 3.35. The third-order valence-electron chi connectivity index (χ3n) is 5.31. The van der Waals surface area contributed by atoms with E-state index in [-0.39, 0.29) is 0 Å². The third kappa shape index (κ3) is 2.61. The van der Waals surface area contributed by atoms with E-state index in [0.717, 1.165) is 44.0 Å². The zero-order chi connectivity index (χ0) is 14.4. The number of amides is 1. The summed E-state index contributed by atoms with van der Waals surface area (Å²) in [5.74, 6) is 1.76. The molecule has 4 rings (SSSR count). The fourth-order valence-electron chi connectivity index (χ4n) is 4.55. The number of likely N-dealkylation sites (tertiary alicyclic amines) is 1. The summed E-state index contributed by atoms with van der Waals surface area (Å²) in [6, 6.07) is 0.516. The van der Waals surface area contributed by atoms with Gasteiger partial charge in [-0.1, -0.05) is 0 Å². The van der Waals surface area contributed by atoms with Crippen LogP contribution < -0.4 is 0 Å². The Kier molecular flexibility index (Phi) is 3.50. The van der Waals surface area contributed by atoms with Crippen molar-refractivity contribution in [3.63, 3.8) is 0 Å². The van der Waals surface area contributed by atoms with Gasteiger partial charge >= 0.3 is 0 Å². The van der Waals surface area contributed by atoms with E-state index < -0.39 is 0 Å². The van der Waals surface area contributed by atoms with E-state index in [1.165, 1.54) is 18.5 Å². The van der Waals surface area contributed by atoms with Crippen LogP contribution >= 0.6 is 11.3 Å². The van der Waals surface area contributed by atoms with Crippen LogP contribution in [-0.2, 0) is 11.3 Å². The molecule has 0 N–H and O–H groups in total. The molecule has 0 aromatic carbocycles. The van der Waals surface area contributed by atoms with Crippen LogP contribution in [0.25, 0.3) is 0 Å². The van der Waals surface area contributed by atoms with Gasteiger partial charge in [0.1, 0.15) is 0 Å². The van der Waals surface area contributed by atoms with Crippen LogP contribution in [-0.4, -0.2) is 46.4 Å². The first-order chi connectivity index (χ1) is 10.2. The van der Waals surface area contributed by atoms with Gasteiger partial charge in [0.25, 0.3) is 0 Å². The summed E-state index contributed by atoms with van der Waals surface area (Å²) >= 11 is 1.74. The first-order valence-corrected chi connectivity index (χ1v) is 9.00. The molecule has 21 heavy (non-hydrogen) atoms. The first-order valence-electron chi connectivity index (χ1n) is 8.12. The first kappa shape index (κ1) is 13.7. The van der Waals surface area contributed by atoms with E-state index in [1.54, 1.807) is 11.3 Å². The largest absolute Gasteiger partial charge is 0.339 e. The van der Waals surface area contributed by atoms with Crippen LogP contribution in [0.3, 0.4) is 0 Å². The highest BCUT2D eigenvalue weighted by atomic mass is 32.1. The van der Waals surface area contributed by atoms with Crippen molar-refractivity contribution in [1.82, 2.24) is 14.8 Å². The van der Waals surface area contributed by atoms with E-state index in [2.05, 4.69) is 27.1 Å². The van der Waals surface area contributed by atoms with E-state index in [0.29, 0.717) is 23.8 Å². The second-order valence-corrected chi connectivity index (χ2v) is 7.98. The Morgan fingerprint density at radius 2 is 2.29 bits per heavy atom. The molecule has 4 heterocycles. The van der Waals surface area contributed by atoms with Gasteiger partial charge in [0.15, 0.2) is 0 Å². The highest BCUT2D eigenvalue weighted by molar-refractivity contribution is 7.09. The Hall–Kier alpha value is -0.940. The third-order valence-corrected chi connectivity index (χ3v) is 6.13. The maximum absolute atomic E-state index is 12.1. The second kappa shape index (κ2) is 5.36. The zero-order valence-electron chi connectivity index (χ0n) is 12.6. The Labute approximate surface area is 130 Å². The van der Waals surface area contributed by atoms with Gasteiger partial charge < -0.3 is 4.90 Å². The average Bonchev–Trinajstić information content (AvgIpc) is 2.85. The molecule has 0 saturated carbocycles. The van der Waals surface area contributed by atoms with E-state index in [4.69, 9.17) is 0 Å². The van der Waals surface area contributed by atoms with Crippen molar-refractivity contribution >= 4 is 17.2 Å². The fraction of sp³-hybridized carbons (Fsp3) is 0.750. The van der Waals surface area contributed by atoms with Crippen LogP contribution in [0.5, 0.6) is 0 Å². The normalized spacial score (nSPS) is 33.1. The molecule has 4 nitrogen and oxygen atoms in total. The summed E-state index contributed by atoms with van der Waals surface area (Å²) in [6.07, 6.45) is 4.40. The standard InChI is InChI=1S/C16H23N3OS/c1-11-17-14(10-21-11)9-18-6-12-5-13(8-18)15-3-2-4-16(20)19(15)7-12/h10,12-13,15H,2-9H2,1H3/t12-,13-,15+/m1/s1. The Balaban J connectivity index is 1.47. The van der Waals surface area contributed by atoms with E-state index >= 15 is 0 Å². The fourth-order valence-corrected chi connectivity index (χ4v) is 5.15. The summed E-state index contributed by atoms with van der Waals surface area (Å²) < 4.78 is 0. The summed E-state index contributed by atoms with van der Waals surface area (Å²) in [7, 11) is 0. The molecule has 3 aliphatic heterocycles. The smallest absolute Gasteiger partial charge is 0.222 e.